The highest BCUT2D eigenvalue weighted by Crippen LogP contribution is 2.37. The summed E-state index contributed by atoms with van der Waals surface area (Å²) in [5.74, 6) is -1.21. The monoisotopic (exact) mass is 367 g/mol. The van der Waals surface area contributed by atoms with Gasteiger partial charge in [-0.3, -0.25) is 4.79 Å². The van der Waals surface area contributed by atoms with Crippen molar-refractivity contribution in [3.05, 3.63) is 58.4 Å². The molecule has 1 atom stereocenters. The summed E-state index contributed by atoms with van der Waals surface area (Å²) in [6.07, 6.45) is 1.79. The number of para-hydroxylation sites is 1. The topological polar surface area (TPSA) is 83.4 Å². The highest BCUT2D eigenvalue weighted by molar-refractivity contribution is 7.18. The average molecular weight is 367 g/mol. The fourth-order valence-corrected chi connectivity index (χ4v) is 4.47. The molecule has 3 heterocycles. The molecule has 26 heavy (non-hydrogen) atoms. The van der Waals surface area contributed by atoms with Gasteiger partial charge in [0.25, 0.3) is 5.91 Å². The van der Waals surface area contributed by atoms with E-state index >= 15 is 0 Å². The van der Waals surface area contributed by atoms with Gasteiger partial charge >= 0.3 is 5.97 Å². The van der Waals surface area contributed by atoms with Gasteiger partial charge in [0.2, 0.25) is 0 Å². The van der Waals surface area contributed by atoms with Crippen LogP contribution in [0.1, 0.15) is 50.4 Å². The molecular weight excluding hydrogens is 350 g/mol. The lowest BCUT2D eigenvalue weighted by Crippen LogP contribution is -2.31. The molecule has 1 aromatic carbocycles. The quantitative estimate of drug-likeness (QED) is 0.763. The summed E-state index contributed by atoms with van der Waals surface area (Å²) in [6, 6.07) is 10.8. The second-order valence-corrected chi connectivity index (χ2v) is 7.37. The zero-order valence-corrected chi connectivity index (χ0v) is 15.0. The average Bonchev–Trinajstić information content (AvgIpc) is 3.26. The summed E-state index contributed by atoms with van der Waals surface area (Å²) in [4.78, 5) is 34.8. The maximum Gasteiger partial charge on any atom is 0.337 e. The number of rotatable bonds is 3. The molecule has 2 aromatic heterocycles. The Morgan fingerprint density at radius 3 is 2.73 bits per heavy atom. The lowest BCUT2D eigenvalue weighted by atomic mass is 10.1. The van der Waals surface area contributed by atoms with Crippen LogP contribution in [0.5, 0.6) is 0 Å². The number of thiazole rings is 1. The Bertz CT molecular complexity index is 981. The van der Waals surface area contributed by atoms with Crippen LogP contribution in [0.2, 0.25) is 0 Å². The van der Waals surface area contributed by atoms with E-state index in [4.69, 9.17) is 10.1 Å². The highest BCUT2D eigenvalue weighted by atomic mass is 32.1. The summed E-state index contributed by atoms with van der Waals surface area (Å²) in [7, 11) is 0. The number of likely N-dealkylation sites (tertiary alicyclic amines) is 1. The number of nitrogens with zero attached hydrogens (tertiary/aromatic N) is 3. The van der Waals surface area contributed by atoms with E-state index in [1.807, 2.05) is 24.3 Å². The van der Waals surface area contributed by atoms with Crippen molar-refractivity contribution in [1.29, 1.82) is 0 Å². The van der Waals surface area contributed by atoms with E-state index in [-0.39, 0.29) is 23.2 Å². The maximum absolute atomic E-state index is 13.0. The number of carbonyl (C=O) groups is 2. The van der Waals surface area contributed by atoms with E-state index in [0.29, 0.717) is 12.2 Å². The lowest BCUT2D eigenvalue weighted by Gasteiger charge is -2.23. The number of amides is 1. The van der Waals surface area contributed by atoms with Crippen molar-refractivity contribution < 1.29 is 14.7 Å². The molecule has 1 fully saturated rings. The lowest BCUT2D eigenvalue weighted by molar-refractivity contribution is 0.0689. The van der Waals surface area contributed by atoms with Crippen LogP contribution in [-0.2, 0) is 0 Å². The molecule has 0 radical (unpaired) electrons. The zero-order chi connectivity index (χ0) is 18.3. The first-order chi connectivity index (χ1) is 12.5. The van der Waals surface area contributed by atoms with Gasteiger partial charge in [0.1, 0.15) is 10.7 Å². The van der Waals surface area contributed by atoms with Gasteiger partial charge in [-0.2, -0.15) is 0 Å². The minimum absolute atomic E-state index is 0.0545. The van der Waals surface area contributed by atoms with Crippen molar-refractivity contribution in [1.82, 2.24) is 14.9 Å². The van der Waals surface area contributed by atoms with Crippen LogP contribution in [0, 0.1) is 6.92 Å². The Labute approximate surface area is 154 Å². The Morgan fingerprint density at radius 1 is 1.19 bits per heavy atom. The van der Waals surface area contributed by atoms with Gasteiger partial charge in [0.05, 0.1) is 27.5 Å². The largest absolute Gasteiger partial charge is 0.478 e. The second kappa shape index (κ2) is 6.49. The number of carboxylic acids is 1. The molecule has 6 nitrogen and oxygen atoms in total. The van der Waals surface area contributed by atoms with Crippen molar-refractivity contribution >= 4 is 33.4 Å². The predicted octanol–water partition coefficient (Wildman–Crippen LogP) is 3.68. The number of hydrogen-bond donors (Lipinski definition) is 1. The van der Waals surface area contributed by atoms with Crippen molar-refractivity contribution in [3.8, 4) is 0 Å². The predicted molar refractivity (Wildman–Crippen MR) is 98.6 cm³/mol. The first-order valence-electron chi connectivity index (χ1n) is 8.42. The van der Waals surface area contributed by atoms with Crippen LogP contribution >= 0.6 is 11.3 Å². The fourth-order valence-electron chi connectivity index (χ4n) is 3.35. The highest BCUT2D eigenvalue weighted by Gasteiger charge is 2.33. The Morgan fingerprint density at radius 2 is 2.00 bits per heavy atom. The van der Waals surface area contributed by atoms with Crippen LogP contribution in [0.3, 0.4) is 0 Å². The molecule has 0 saturated carbocycles. The molecule has 1 unspecified atom stereocenters. The van der Waals surface area contributed by atoms with Gasteiger partial charge in [0, 0.05) is 6.54 Å². The van der Waals surface area contributed by atoms with E-state index in [1.165, 1.54) is 12.1 Å². The number of aromatic nitrogens is 2. The van der Waals surface area contributed by atoms with Crippen LogP contribution in [0.4, 0.5) is 0 Å². The molecule has 1 aliphatic heterocycles. The minimum Gasteiger partial charge on any atom is -0.478 e. The molecule has 4 rings (SSSR count). The molecule has 1 aliphatic rings. The summed E-state index contributed by atoms with van der Waals surface area (Å²) in [6.45, 7) is 2.26. The van der Waals surface area contributed by atoms with Crippen LogP contribution in [-0.4, -0.2) is 38.4 Å². The third-order valence-electron chi connectivity index (χ3n) is 4.64. The summed E-state index contributed by atoms with van der Waals surface area (Å²) in [5.41, 5.74) is 1.69. The van der Waals surface area contributed by atoms with Gasteiger partial charge in [-0.15, -0.1) is 11.3 Å². The van der Waals surface area contributed by atoms with Crippen LogP contribution in [0.25, 0.3) is 10.2 Å². The number of fused-ring (bicyclic) bond motifs is 1. The normalized spacial score (nSPS) is 17.0. The van der Waals surface area contributed by atoms with E-state index in [9.17, 15) is 9.59 Å². The molecule has 1 saturated heterocycles. The van der Waals surface area contributed by atoms with Gasteiger partial charge in [-0.25, -0.2) is 14.8 Å². The van der Waals surface area contributed by atoms with E-state index in [2.05, 4.69) is 4.98 Å². The molecule has 0 bridgehead atoms. The van der Waals surface area contributed by atoms with Gasteiger partial charge in [-0.05, 0) is 44.0 Å². The number of aromatic carboxylic acids is 1. The standard InChI is InChI=1S/C19H17N3O3S/c1-11-12(19(24)25)8-9-14(20-11)18(23)22-10-4-6-15(22)17-21-13-5-2-3-7-16(13)26-17/h2-3,5,7-9,15H,4,6,10H2,1H3,(H,24,25). The van der Waals surface area contributed by atoms with Crippen LogP contribution in [0.15, 0.2) is 36.4 Å². The van der Waals surface area contributed by atoms with Gasteiger partial charge in [0.15, 0.2) is 0 Å². The Balaban J connectivity index is 1.64. The van der Waals surface area contributed by atoms with Crippen molar-refractivity contribution in [2.24, 2.45) is 0 Å². The van der Waals surface area contributed by atoms with Gasteiger partial charge in [-0.1, -0.05) is 12.1 Å². The summed E-state index contributed by atoms with van der Waals surface area (Å²) >= 11 is 1.62. The van der Waals surface area contributed by atoms with Crippen molar-refractivity contribution in [2.45, 2.75) is 25.8 Å². The first-order valence-corrected chi connectivity index (χ1v) is 9.23. The number of carbonyl (C=O) groups excluding carboxylic acids is 1. The maximum atomic E-state index is 13.0. The van der Waals surface area contributed by atoms with Crippen molar-refractivity contribution in [2.75, 3.05) is 6.54 Å². The van der Waals surface area contributed by atoms with Crippen molar-refractivity contribution in [3.63, 3.8) is 0 Å². The Kier molecular flexibility index (Phi) is 4.16. The third kappa shape index (κ3) is 2.84. The third-order valence-corrected chi connectivity index (χ3v) is 5.78. The minimum atomic E-state index is -1.04. The van der Waals surface area contributed by atoms with E-state index < -0.39 is 5.97 Å². The molecule has 1 amide bonds. The van der Waals surface area contributed by atoms with Gasteiger partial charge < -0.3 is 10.0 Å². The Hall–Kier alpha value is -2.80. The van der Waals surface area contributed by atoms with Crippen LogP contribution < -0.4 is 0 Å². The van der Waals surface area contributed by atoms with E-state index in [0.717, 1.165) is 28.1 Å². The number of hydrogen-bond acceptors (Lipinski definition) is 5. The molecule has 0 aliphatic carbocycles. The molecular formula is C19H17N3O3S. The number of benzene rings is 1. The molecule has 132 valence electrons. The zero-order valence-electron chi connectivity index (χ0n) is 14.2. The summed E-state index contributed by atoms with van der Waals surface area (Å²) < 4.78 is 1.11. The smallest absolute Gasteiger partial charge is 0.337 e. The summed E-state index contributed by atoms with van der Waals surface area (Å²) in [5, 5.41) is 10.1. The number of aryl methyl sites for hydroxylation is 1. The fraction of sp³-hybridized carbons (Fsp3) is 0.263. The molecule has 3 aromatic rings. The van der Waals surface area contributed by atoms with E-state index in [1.54, 1.807) is 23.2 Å². The number of pyridine rings is 1. The molecule has 1 N–H and O–H groups in total. The second-order valence-electron chi connectivity index (χ2n) is 6.31. The number of carboxylic acid groups (broad SMARTS) is 1. The molecule has 0 spiro atoms. The SMILES string of the molecule is Cc1nc(C(=O)N2CCCC2c2nc3ccccc3s2)ccc1C(=O)O. The first kappa shape index (κ1) is 16.7. The molecule has 7 heteroatoms.